The maximum atomic E-state index is 12.7. The number of ether oxygens (including phenoxy) is 1. The molecular weight excluding hydrogens is 169 g/mol. The molecule has 0 unspecified atom stereocenters. The first-order chi connectivity index (χ1) is 6.18. The van der Waals surface area contributed by atoms with Crippen molar-refractivity contribution in [2.24, 2.45) is 0 Å². The topological polar surface area (TPSA) is 12.5 Å². The molecule has 1 heterocycles. The number of rotatable bonds is 4. The van der Waals surface area contributed by atoms with Gasteiger partial charge in [0.15, 0.2) is 0 Å². The van der Waals surface area contributed by atoms with Gasteiger partial charge in [0, 0.05) is 19.6 Å². The normalized spacial score (nSPS) is 21.2. The Kier molecular flexibility index (Phi) is 4.67. The van der Waals surface area contributed by atoms with Crippen LogP contribution in [0.25, 0.3) is 0 Å². The molecule has 1 fully saturated rings. The minimum Gasteiger partial charge on any atom is -0.377 e. The minimum absolute atomic E-state index is 0.304. The summed E-state index contributed by atoms with van der Waals surface area (Å²) in [6.07, 6.45) is 1.13. The lowest BCUT2D eigenvalue weighted by Gasteiger charge is -2.28. The van der Waals surface area contributed by atoms with Crippen molar-refractivity contribution in [3.8, 4) is 0 Å². The van der Waals surface area contributed by atoms with Crippen LogP contribution in [0, 0.1) is 0 Å². The number of hydrogen-bond donors (Lipinski definition) is 0. The molecule has 0 aromatic carbocycles. The fraction of sp³-hybridized carbons (Fsp3) is 1.00. The first-order valence-electron chi connectivity index (χ1n) is 5.16. The molecule has 3 heteroatoms. The number of hydrogen-bond acceptors (Lipinski definition) is 2. The van der Waals surface area contributed by atoms with Gasteiger partial charge in [-0.25, -0.2) is 4.39 Å². The summed E-state index contributed by atoms with van der Waals surface area (Å²) in [5.74, 6) is 0. The van der Waals surface area contributed by atoms with Crippen LogP contribution in [0.2, 0.25) is 0 Å². The summed E-state index contributed by atoms with van der Waals surface area (Å²) < 4.78 is 18.2. The van der Waals surface area contributed by atoms with Gasteiger partial charge in [0.2, 0.25) is 0 Å². The molecule has 0 N–H and O–H groups in total. The second-order valence-electron chi connectivity index (χ2n) is 3.94. The zero-order valence-electron chi connectivity index (χ0n) is 8.63. The van der Waals surface area contributed by atoms with Crippen LogP contribution in [0.1, 0.15) is 26.7 Å². The molecule has 0 amide bonds. The van der Waals surface area contributed by atoms with E-state index in [1.807, 2.05) is 13.8 Å². The second-order valence-corrected chi connectivity index (χ2v) is 3.94. The molecule has 0 spiro atoms. The van der Waals surface area contributed by atoms with Gasteiger partial charge >= 0.3 is 0 Å². The van der Waals surface area contributed by atoms with E-state index in [1.54, 1.807) is 0 Å². The Morgan fingerprint density at radius 1 is 1.38 bits per heavy atom. The second kappa shape index (κ2) is 5.55. The van der Waals surface area contributed by atoms with E-state index in [2.05, 4.69) is 4.90 Å². The Bertz CT molecular complexity index is 133. The highest BCUT2D eigenvalue weighted by molar-refractivity contribution is 4.70. The molecule has 0 bridgehead atoms. The molecule has 0 saturated carbocycles. The van der Waals surface area contributed by atoms with Crippen LogP contribution < -0.4 is 0 Å². The lowest BCUT2D eigenvalue weighted by Crippen LogP contribution is -2.36. The predicted molar refractivity (Wildman–Crippen MR) is 51.7 cm³/mol. The molecule has 1 aliphatic heterocycles. The van der Waals surface area contributed by atoms with Crippen molar-refractivity contribution in [3.63, 3.8) is 0 Å². The first kappa shape index (κ1) is 10.9. The number of likely N-dealkylation sites (tertiary alicyclic amines) is 1. The molecule has 2 nitrogen and oxygen atoms in total. The standard InChI is InChI=1S/C10H20FNO/c1-9(2)13-8-7-12-5-3-10(11)4-6-12/h9-10H,3-8H2,1-2H3. The third kappa shape index (κ3) is 4.58. The number of piperidine rings is 1. The van der Waals surface area contributed by atoms with E-state index < -0.39 is 6.17 Å². The summed E-state index contributed by atoms with van der Waals surface area (Å²) in [5, 5.41) is 0. The Morgan fingerprint density at radius 3 is 2.54 bits per heavy atom. The largest absolute Gasteiger partial charge is 0.377 e. The molecule has 0 aromatic heterocycles. The Hall–Kier alpha value is -0.150. The van der Waals surface area contributed by atoms with Crippen LogP contribution in [0.3, 0.4) is 0 Å². The van der Waals surface area contributed by atoms with Crippen molar-refractivity contribution in [1.29, 1.82) is 0 Å². The van der Waals surface area contributed by atoms with Crippen molar-refractivity contribution in [2.75, 3.05) is 26.2 Å². The SMILES string of the molecule is CC(C)OCCN1CCC(F)CC1. The van der Waals surface area contributed by atoms with Crippen LogP contribution in [0.4, 0.5) is 4.39 Å². The zero-order valence-corrected chi connectivity index (χ0v) is 8.63. The average Bonchev–Trinajstić information content (AvgIpc) is 2.08. The smallest absolute Gasteiger partial charge is 0.103 e. The first-order valence-corrected chi connectivity index (χ1v) is 5.16. The van der Waals surface area contributed by atoms with Gasteiger partial charge in [0.1, 0.15) is 6.17 Å². The lowest BCUT2D eigenvalue weighted by molar-refractivity contribution is 0.0480. The number of nitrogens with zero attached hydrogens (tertiary/aromatic N) is 1. The van der Waals surface area contributed by atoms with Gasteiger partial charge in [0.25, 0.3) is 0 Å². The van der Waals surface area contributed by atoms with Gasteiger partial charge in [-0.2, -0.15) is 0 Å². The van der Waals surface area contributed by atoms with E-state index >= 15 is 0 Å². The molecule has 0 aromatic rings. The van der Waals surface area contributed by atoms with E-state index in [1.165, 1.54) is 0 Å². The molecule has 0 atom stereocenters. The highest BCUT2D eigenvalue weighted by atomic mass is 19.1. The highest BCUT2D eigenvalue weighted by Gasteiger charge is 2.17. The number of halogens is 1. The predicted octanol–water partition coefficient (Wildman–Crippen LogP) is 1.85. The maximum absolute atomic E-state index is 12.7. The monoisotopic (exact) mass is 189 g/mol. The van der Waals surface area contributed by atoms with Crippen molar-refractivity contribution >= 4 is 0 Å². The molecular formula is C10H20FNO. The Morgan fingerprint density at radius 2 is 2.00 bits per heavy atom. The lowest BCUT2D eigenvalue weighted by atomic mass is 10.1. The third-order valence-corrected chi connectivity index (χ3v) is 2.38. The Labute approximate surface area is 80.1 Å². The van der Waals surface area contributed by atoms with E-state index in [-0.39, 0.29) is 0 Å². The van der Waals surface area contributed by atoms with E-state index in [0.717, 1.165) is 26.2 Å². The summed E-state index contributed by atoms with van der Waals surface area (Å²) in [6.45, 7) is 7.58. The summed E-state index contributed by atoms with van der Waals surface area (Å²) in [7, 11) is 0. The van der Waals surface area contributed by atoms with Crippen molar-refractivity contribution in [2.45, 2.75) is 39.0 Å². The van der Waals surface area contributed by atoms with E-state index in [0.29, 0.717) is 18.9 Å². The minimum atomic E-state index is -0.567. The highest BCUT2D eigenvalue weighted by Crippen LogP contribution is 2.12. The van der Waals surface area contributed by atoms with Gasteiger partial charge < -0.3 is 9.64 Å². The molecule has 1 aliphatic rings. The fourth-order valence-corrected chi connectivity index (χ4v) is 1.54. The van der Waals surface area contributed by atoms with Crippen LogP contribution in [0.15, 0.2) is 0 Å². The molecule has 0 aliphatic carbocycles. The molecule has 13 heavy (non-hydrogen) atoms. The van der Waals surface area contributed by atoms with Crippen LogP contribution in [-0.4, -0.2) is 43.4 Å². The molecule has 0 radical (unpaired) electrons. The zero-order chi connectivity index (χ0) is 9.68. The summed E-state index contributed by atoms with van der Waals surface area (Å²) in [6, 6.07) is 0. The average molecular weight is 189 g/mol. The van der Waals surface area contributed by atoms with Gasteiger partial charge in [-0.3, -0.25) is 0 Å². The molecule has 1 rings (SSSR count). The molecule has 78 valence electrons. The van der Waals surface area contributed by atoms with Crippen LogP contribution in [-0.2, 0) is 4.74 Å². The maximum Gasteiger partial charge on any atom is 0.103 e. The summed E-state index contributed by atoms with van der Waals surface area (Å²) in [5.41, 5.74) is 0. The van der Waals surface area contributed by atoms with Crippen molar-refractivity contribution in [3.05, 3.63) is 0 Å². The quantitative estimate of drug-likeness (QED) is 0.669. The molecule has 1 saturated heterocycles. The third-order valence-electron chi connectivity index (χ3n) is 2.38. The Balaban J connectivity index is 2.02. The summed E-state index contributed by atoms with van der Waals surface area (Å²) >= 11 is 0. The van der Waals surface area contributed by atoms with Gasteiger partial charge in [-0.1, -0.05) is 0 Å². The number of alkyl halides is 1. The van der Waals surface area contributed by atoms with Gasteiger partial charge in [-0.05, 0) is 26.7 Å². The summed E-state index contributed by atoms with van der Waals surface area (Å²) in [4.78, 5) is 2.28. The van der Waals surface area contributed by atoms with Crippen molar-refractivity contribution in [1.82, 2.24) is 4.90 Å². The van der Waals surface area contributed by atoms with Crippen LogP contribution in [0.5, 0.6) is 0 Å². The van der Waals surface area contributed by atoms with E-state index in [4.69, 9.17) is 4.74 Å². The van der Waals surface area contributed by atoms with Crippen LogP contribution >= 0.6 is 0 Å². The fourth-order valence-electron chi connectivity index (χ4n) is 1.54. The van der Waals surface area contributed by atoms with Gasteiger partial charge in [0.05, 0.1) is 12.7 Å². The van der Waals surface area contributed by atoms with Crippen molar-refractivity contribution < 1.29 is 9.13 Å². The van der Waals surface area contributed by atoms with Gasteiger partial charge in [-0.15, -0.1) is 0 Å². The van der Waals surface area contributed by atoms with E-state index in [9.17, 15) is 4.39 Å².